The van der Waals surface area contributed by atoms with Crippen LogP contribution in [0, 0.1) is 0 Å². The highest BCUT2D eigenvalue weighted by molar-refractivity contribution is 7.72. The predicted octanol–water partition coefficient (Wildman–Crippen LogP) is 4.43. The molecule has 3 rings (SSSR count). The van der Waals surface area contributed by atoms with Gasteiger partial charge in [0.1, 0.15) is 11.5 Å². The molecule has 0 aliphatic rings. The molecule has 3 aromatic rings. The van der Waals surface area contributed by atoms with Gasteiger partial charge in [-0.3, -0.25) is 0 Å². The van der Waals surface area contributed by atoms with Crippen LogP contribution in [-0.4, -0.2) is 20.9 Å². The summed E-state index contributed by atoms with van der Waals surface area (Å²) in [4.78, 5) is 0. The topological polar surface area (TPSA) is 18.5 Å². The highest BCUT2D eigenvalue weighted by Crippen LogP contribution is 2.41. The lowest BCUT2D eigenvalue weighted by Gasteiger charge is -2.20. The van der Waals surface area contributed by atoms with Crippen LogP contribution in [0.15, 0.2) is 72.8 Å². The van der Waals surface area contributed by atoms with Gasteiger partial charge in [0, 0.05) is 0 Å². The molecule has 122 valence electrons. The minimum absolute atomic E-state index is 0.461. The Morgan fingerprint density at radius 1 is 0.667 bits per heavy atom. The van der Waals surface area contributed by atoms with E-state index in [1.54, 1.807) is 14.2 Å². The van der Waals surface area contributed by atoms with Crippen LogP contribution in [-0.2, 0) is 0 Å². The molecule has 0 amide bonds. The zero-order valence-corrected chi connectivity index (χ0v) is 15.1. The van der Waals surface area contributed by atoms with E-state index in [9.17, 15) is 0 Å². The molecule has 1 atom stereocenters. The van der Waals surface area contributed by atoms with Crippen LogP contribution in [0.1, 0.15) is 0 Å². The van der Waals surface area contributed by atoms with Gasteiger partial charge in [-0.2, -0.15) is 0 Å². The van der Waals surface area contributed by atoms with Gasteiger partial charge in [0.15, 0.2) is 0 Å². The van der Waals surface area contributed by atoms with Crippen LogP contribution in [0.5, 0.6) is 11.5 Å². The second kappa shape index (κ2) is 7.51. The molecule has 0 N–H and O–H groups in total. The van der Waals surface area contributed by atoms with Crippen LogP contribution in [0.4, 0.5) is 0 Å². The Labute approximate surface area is 144 Å². The zero-order valence-electron chi connectivity index (χ0n) is 14.2. The molecule has 0 aromatic heterocycles. The molecule has 0 aliphatic carbocycles. The molecule has 0 aliphatic heterocycles. The van der Waals surface area contributed by atoms with Crippen LogP contribution in [0.3, 0.4) is 0 Å². The number of hydrogen-bond donors (Lipinski definition) is 0. The third kappa shape index (κ3) is 3.16. The molecular formula is C21H21O2P. The lowest BCUT2D eigenvalue weighted by atomic mass is 10.0. The van der Waals surface area contributed by atoms with Crippen molar-refractivity contribution in [1.29, 1.82) is 0 Å². The summed E-state index contributed by atoms with van der Waals surface area (Å²) in [6, 6.07) is 25.1. The number of rotatable bonds is 5. The van der Waals surface area contributed by atoms with Crippen molar-refractivity contribution < 1.29 is 9.47 Å². The SMILES string of the molecule is COc1cccc(OC)c1-c1ccccc1P(C)c1ccccc1. The Kier molecular flexibility index (Phi) is 5.17. The first-order valence-corrected chi connectivity index (χ1v) is 9.64. The van der Waals surface area contributed by atoms with Crippen LogP contribution >= 0.6 is 7.92 Å². The summed E-state index contributed by atoms with van der Waals surface area (Å²) in [6.07, 6.45) is 0. The Hall–Kier alpha value is -2.31. The third-order valence-electron chi connectivity index (χ3n) is 4.11. The second-order valence-electron chi connectivity index (χ2n) is 5.45. The van der Waals surface area contributed by atoms with E-state index in [-0.39, 0.29) is 0 Å². The molecule has 0 saturated heterocycles. The van der Waals surface area contributed by atoms with E-state index in [1.165, 1.54) is 16.2 Å². The Bertz CT molecular complexity index is 793. The van der Waals surface area contributed by atoms with Crippen molar-refractivity contribution in [2.75, 3.05) is 20.9 Å². The van der Waals surface area contributed by atoms with Crippen molar-refractivity contribution in [3.8, 4) is 22.6 Å². The molecule has 24 heavy (non-hydrogen) atoms. The van der Waals surface area contributed by atoms with Gasteiger partial charge in [-0.25, -0.2) is 0 Å². The van der Waals surface area contributed by atoms with Gasteiger partial charge in [-0.1, -0.05) is 60.7 Å². The Morgan fingerprint density at radius 3 is 1.88 bits per heavy atom. The highest BCUT2D eigenvalue weighted by Gasteiger charge is 2.19. The molecule has 0 saturated carbocycles. The molecule has 0 fully saturated rings. The number of benzene rings is 3. The Balaban J connectivity index is 2.18. The van der Waals surface area contributed by atoms with Crippen molar-refractivity contribution in [3.05, 3.63) is 72.8 Å². The van der Waals surface area contributed by atoms with Gasteiger partial charge in [0.05, 0.1) is 19.8 Å². The maximum absolute atomic E-state index is 5.61. The van der Waals surface area contributed by atoms with Gasteiger partial charge in [-0.15, -0.1) is 0 Å². The third-order valence-corrected chi connectivity index (χ3v) is 6.29. The first kappa shape index (κ1) is 16.5. The molecular weight excluding hydrogens is 315 g/mol. The monoisotopic (exact) mass is 336 g/mol. The average Bonchev–Trinajstić information content (AvgIpc) is 2.67. The van der Waals surface area contributed by atoms with E-state index in [4.69, 9.17) is 9.47 Å². The molecule has 2 nitrogen and oxygen atoms in total. The standard InChI is InChI=1S/C21H21O2P/c1-22-18-13-9-14-19(23-2)21(18)17-12-7-8-15-20(17)24(3)16-10-5-4-6-11-16/h4-15H,1-3H3. The molecule has 1 unspecified atom stereocenters. The fraction of sp³-hybridized carbons (Fsp3) is 0.143. The van der Waals surface area contributed by atoms with Crippen molar-refractivity contribution >= 4 is 18.5 Å². The summed E-state index contributed by atoms with van der Waals surface area (Å²) in [7, 11) is 2.94. The first-order chi connectivity index (χ1) is 11.8. The maximum atomic E-state index is 5.61. The smallest absolute Gasteiger partial charge is 0.130 e. The minimum atomic E-state index is -0.461. The predicted molar refractivity (Wildman–Crippen MR) is 104 cm³/mol. The highest BCUT2D eigenvalue weighted by atomic mass is 31.1. The molecule has 3 heteroatoms. The minimum Gasteiger partial charge on any atom is -0.496 e. The van der Waals surface area contributed by atoms with E-state index in [0.29, 0.717) is 0 Å². The average molecular weight is 336 g/mol. The normalized spacial score (nSPS) is 11.8. The van der Waals surface area contributed by atoms with Gasteiger partial charge < -0.3 is 9.47 Å². The number of ether oxygens (including phenoxy) is 2. The van der Waals surface area contributed by atoms with Crippen molar-refractivity contribution in [1.82, 2.24) is 0 Å². The molecule has 0 radical (unpaired) electrons. The van der Waals surface area contributed by atoms with Crippen LogP contribution in [0.25, 0.3) is 11.1 Å². The molecule has 0 spiro atoms. The van der Waals surface area contributed by atoms with Gasteiger partial charge in [-0.05, 0) is 42.9 Å². The second-order valence-corrected chi connectivity index (χ2v) is 7.57. The number of methoxy groups -OCH3 is 2. The van der Waals surface area contributed by atoms with Crippen LogP contribution in [0.2, 0.25) is 0 Å². The zero-order chi connectivity index (χ0) is 16.9. The van der Waals surface area contributed by atoms with E-state index < -0.39 is 7.92 Å². The largest absolute Gasteiger partial charge is 0.496 e. The summed E-state index contributed by atoms with van der Waals surface area (Å²) < 4.78 is 11.2. The fourth-order valence-corrected chi connectivity index (χ4v) is 4.64. The van der Waals surface area contributed by atoms with Gasteiger partial charge in [0.2, 0.25) is 0 Å². The summed E-state index contributed by atoms with van der Waals surface area (Å²) in [6.45, 7) is 2.30. The van der Waals surface area contributed by atoms with E-state index in [1.807, 2.05) is 18.2 Å². The summed E-state index contributed by atoms with van der Waals surface area (Å²) in [5, 5.41) is 2.68. The van der Waals surface area contributed by atoms with E-state index in [0.717, 1.165) is 17.1 Å². The van der Waals surface area contributed by atoms with Crippen molar-refractivity contribution in [2.24, 2.45) is 0 Å². The summed E-state index contributed by atoms with van der Waals surface area (Å²) in [5.41, 5.74) is 2.19. The van der Waals surface area contributed by atoms with E-state index in [2.05, 4.69) is 61.3 Å². The summed E-state index contributed by atoms with van der Waals surface area (Å²) >= 11 is 0. The molecule has 0 heterocycles. The van der Waals surface area contributed by atoms with Gasteiger partial charge in [0.25, 0.3) is 0 Å². The lowest BCUT2D eigenvalue weighted by molar-refractivity contribution is 0.397. The number of hydrogen-bond acceptors (Lipinski definition) is 2. The fourth-order valence-electron chi connectivity index (χ4n) is 2.88. The quantitative estimate of drug-likeness (QED) is 0.642. The maximum Gasteiger partial charge on any atom is 0.130 e. The molecule has 3 aromatic carbocycles. The Morgan fingerprint density at radius 2 is 1.25 bits per heavy atom. The van der Waals surface area contributed by atoms with Crippen molar-refractivity contribution in [3.63, 3.8) is 0 Å². The van der Waals surface area contributed by atoms with Crippen molar-refractivity contribution in [2.45, 2.75) is 0 Å². The molecule has 0 bridgehead atoms. The summed E-state index contributed by atoms with van der Waals surface area (Å²) in [5.74, 6) is 1.66. The van der Waals surface area contributed by atoms with Gasteiger partial charge >= 0.3 is 0 Å². The van der Waals surface area contributed by atoms with Crippen LogP contribution < -0.4 is 20.1 Å². The first-order valence-electron chi connectivity index (χ1n) is 7.85. The van der Waals surface area contributed by atoms with E-state index >= 15 is 0 Å². The lowest BCUT2D eigenvalue weighted by Crippen LogP contribution is -2.13.